The molecule has 3 aromatic rings. The number of nitrogens with one attached hydrogen (secondary N) is 3. The molecule has 0 saturated heterocycles. The summed E-state index contributed by atoms with van der Waals surface area (Å²) in [4.78, 5) is 23.8. The number of benzene rings is 2. The van der Waals surface area contributed by atoms with E-state index in [9.17, 15) is 9.59 Å². The molecule has 0 spiro atoms. The first-order valence-corrected chi connectivity index (χ1v) is 7.91. The van der Waals surface area contributed by atoms with Crippen molar-refractivity contribution in [3.63, 3.8) is 0 Å². The fraction of sp³-hybridized carbons (Fsp3) is 0.167. The van der Waals surface area contributed by atoms with Crippen LogP contribution in [-0.4, -0.2) is 22.8 Å². The number of fused-ring (bicyclic) bond motifs is 1. The standard InChI is InChI=1S/C18H18N4O3/c1-2-25-13-9-7-12(8-10-13)20-18(24)19-11-16-14-5-3-4-6-15(14)17(23)22-21-16/h3-10H,2,11H2,1H3,(H,22,23)(H2,19,20,24). The van der Waals surface area contributed by atoms with Gasteiger partial charge in [-0.25, -0.2) is 9.89 Å². The highest BCUT2D eigenvalue weighted by atomic mass is 16.5. The van der Waals surface area contributed by atoms with Gasteiger partial charge in [0.1, 0.15) is 5.75 Å². The van der Waals surface area contributed by atoms with Gasteiger partial charge in [-0.3, -0.25) is 4.79 Å². The number of carbonyl (C=O) groups excluding carboxylic acids is 1. The van der Waals surface area contributed by atoms with Crippen LogP contribution in [-0.2, 0) is 6.54 Å². The van der Waals surface area contributed by atoms with Crippen LogP contribution in [0.2, 0.25) is 0 Å². The van der Waals surface area contributed by atoms with Gasteiger partial charge in [0, 0.05) is 11.1 Å². The lowest BCUT2D eigenvalue weighted by Crippen LogP contribution is -2.29. The minimum atomic E-state index is -0.360. The molecule has 7 nitrogen and oxygen atoms in total. The van der Waals surface area contributed by atoms with Gasteiger partial charge in [0.2, 0.25) is 0 Å². The van der Waals surface area contributed by atoms with Crippen molar-refractivity contribution in [1.82, 2.24) is 15.5 Å². The Kier molecular flexibility index (Phi) is 4.94. The second-order valence-electron chi connectivity index (χ2n) is 5.31. The number of H-pyrrole nitrogens is 1. The Hall–Kier alpha value is -3.35. The minimum absolute atomic E-state index is 0.195. The molecule has 3 rings (SSSR count). The van der Waals surface area contributed by atoms with Crippen molar-refractivity contribution in [1.29, 1.82) is 0 Å². The van der Waals surface area contributed by atoms with E-state index in [1.54, 1.807) is 42.5 Å². The number of carbonyl (C=O) groups is 1. The topological polar surface area (TPSA) is 96.1 Å². The Bertz CT molecular complexity index is 935. The average molecular weight is 338 g/mol. The third-order valence-corrected chi connectivity index (χ3v) is 3.61. The molecule has 3 N–H and O–H groups in total. The summed E-state index contributed by atoms with van der Waals surface area (Å²) >= 11 is 0. The maximum atomic E-state index is 12.0. The average Bonchev–Trinajstić information content (AvgIpc) is 2.63. The van der Waals surface area contributed by atoms with Crippen LogP contribution >= 0.6 is 0 Å². The molecule has 25 heavy (non-hydrogen) atoms. The number of anilines is 1. The maximum absolute atomic E-state index is 12.0. The molecular weight excluding hydrogens is 320 g/mol. The van der Waals surface area contributed by atoms with Crippen molar-refractivity contribution in [2.75, 3.05) is 11.9 Å². The lowest BCUT2D eigenvalue weighted by Gasteiger charge is -2.09. The third-order valence-electron chi connectivity index (χ3n) is 3.61. The maximum Gasteiger partial charge on any atom is 0.319 e. The van der Waals surface area contributed by atoms with Crippen molar-refractivity contribution >= 4 is 22.5 Å². The number of urea groups is 1. The summed E-state index contributed by atoms with van der Waals surface area (Å²) in [6.07, 6.45) is 0. The van der Waals surface area contributed by atoms with E-state index >= 15 is 0 Å². The zero-order valence-electron chi connectivity index (χ0n) is 13.7. The highest BCUT2D eigenvalue weighted by molar-refractivity contribution is 5.90. The minimum Gasteiger partial charge on any atom is -0.494 e. The van der Waals surface area contributed by atoms with E-state index in [1.165, 1.54) is 0 Å². The van der Waals surface area contributed by atoms with Crippen LogP contribution in [0.4, 0.5) is 10.5 Å². The number of aromatic amines is 1. The monoisotopic (exact) mass is 338 g/mol. The predicted molar refractivity (Wildman–Crippen MR) is 95.8 cm³/mol. The zero-order chi connectivity index (χ0) is 17.6. The Morgan fingerprint density at radius 3 is 2.56 bits per heavy atom. The summed E-state index contributed by atoms with van der Waals surface area (Å²) in [6, 6.07) is 13.9. The number of hydrogen-bond donors (Lipinski definition) is 3. The fourth-order valence-corrected chi connectivity index (χ4v) is 2.45. The second kappa shape index (κ2) is 7.48. The van der Waals surface area contributed by atoms with Crippen LogP contribution in [0, 0.1) is 0 Å². The van der Waals surface area contributed by atoms with Crippen molar-refractivity contribution in [3.8, 4) is 5.75 Å². The molecule has 2 aromatic carbocycles. The van der Waals surface area contributed by atoms with Gasteiger partial charge in [-0.05, 0) is 37.3 Å². The Balaban J connectivity index is 1.65. The molecule has 0 radical (unpaired) electrons. The number of nitrogens with zero attached hydrogens (tertiary/aromatic N) is 1. The van der Waals surface area contributed by atoms with Crippen molar-refractivity contribution in [2.24, 2.45) is 0 Å². The van der Waals surface area contributed by atoms with Gasteiger partial charge in [-0.1, -0.05) is 18.2 Å². The van der Waals surface area contributed by atoms with Crippen LogP contribution in [0.15, 0.2) is 53.3 Å². The molecule has 0 fully saturated rings. The molecule has 1 heterocycles. The van der Waals surface area contributed by atoms with Gasteiger partial charge in [0.15, 0.2) is 0 Å². The molecule has 0 aliphatic heterocycles. The molecular formula is C18H18N4O3. The normalized spacial score (nSPS) is 10.4. The summed E-state index contributed by atoms with van der Waals surface area (Å²) in [5.41, 5.74) is 0.996. The summed E-state index contributed by atoms with van der Waals surface area (Å²) in [5, 5.41) is 13.2. The number of amides is 2. The van der Waals surface area contributed by atoms with Gasteiger partial charge in [0.25, 0.3) is 5.56 Å². The molecule has 7 heteroatoms. The predicted octanol–water partition coefficient (Wildman–Crippen LogP) is 2.64. The van der Waals surface area contributed by atoms with Crippen molar-refractivity contribution in [3.05, 3.63) is 64.6 Å². The van der Waals surface area contributed by atoms with Gasteiger partial charge >= 0.3 is 6.03 Å². The highest BCUT2D eigenvalue weighted by Crippen LogP contribution is 2.16. The van der Waals surface area contributed by atoms with Gasteiger partial charge in [-0.15, -0.1) is 0 Å². The summed E-state index contributed by atoms with van der Waals surface area (Å²) in [7, 11) is 0. The summed E-state index contributed by atoms with van der Waals surface area (Å²) in [6.45, 7) is 2.70. The van der Waals surface area contributed by atoms with E-state index in [0.717, 1.165) is 5.75 Å². The highest BCUT2D eigenvalue weighted by Gasteiger charge is 2.08. The Morgan fingerprint density at radius 2 is 1.84 bits per heavy atom. The number of aromatic nitrogens is 2. The lowest BCUT2D eigenvalue weighted by atomic mass is 10.1. The quantitative estimate of drug-likeness (QED) is 0.666. The number of rotatable bonds is 5. The van der Waals surface area contributed by atoms with Crippen LogP contribution in [0.25, 0.3) is 10.8 Å². The molecule has 0 bridgehead atoms. The van der Waals surface area contributed by atoms with Crippen LogP contribution in [0.1, 0.15) is 12.6 Å². The first-order valence-electron chi connectivity index (χ1n) is 7.91. The third kappa shape index (κ3) is 3.95. The van der Waals surface area contributed by atoms with Gasteiger partial charge in [0.05, 0.1) is 24.2 Å². The van der Waals surface area contributed by atoms with E-state index in [2.05, 4.69) is 20.8 Å². The molecule has 0 atom stereocenters. The smallest absolute Gasteiger partial charge is 0.319 e. The summed E-state index contributed by atoms with van der Waals surface area (Å²) in [5.74, 6) is 0.748. The number of ether oxygens (including phenoxy) is 1. The molecule has 0 unspecified atom stereocenters. The first-order chi connectivity index (χ1) is 12.2. The van der Waals surface area contributed by atoms with Crippen molar-refractivity contribution in [2.45, 2.75) is 13.5 Å². The lowest BCUT2D eigenvalue weighted by molar-refractivity contribution is 0.251. The Labute approximate surface area is 144 Å². The van der Waals surface area contributed by atoms with Crippen LogP contribution in [0.5, 0.6) is 5.75 Å². The molecule has 0 aliphatic rings. The number of hydrogen-bond acceptors (Lipinski definition) is 4. The van der Waals surface area contributed by atoms with Crippen LogP contribution < -0.4 is 20.9 Å². The van der Waals surface area contributed by atoms with E-state index in [4.69, 9.17) is 4.74 Å². The van der Waals surface area contributed by atoms with E-state index in [1.807, 2.05) is 13.0 Å². The van der Waals surface area contributed by atoms with Gasteiger partial charge in [-0.2, -0.15) is 5.10 Å². The van der Waals surface area contributed by atoms with Crippen LogP contribution in [0.3, 0.4) is 0 Å². The molecule has 0 aliphatic carbocycles. The van der Waals surface area contributed by atoms with Gasteiger partial charge < -0.3 is 15.4 Å². The molecule has 0 saturated carbocycles. The van der Waals surface area contributed by atoms with E-state index in [0.29, 0.717) is 28.8 Å². The fourth-order valence-electron chi connectivity index (χ4n) is 2.45. The first kappa shape index (κ1) is 16.5. The molecule has 2 amide bonds. The zero-order valence-corrected chi connectivity index (χ0v) is 13.7. The van der Waals surface area contributed by atoms with Crippen molar-refractivity contribution < 1.29 is 9.53 Å². The summed E-state index contributed by atoms with van der Waals surface area (Å²) < 4.78 is 5.36. The molecule has 128 valence electrons. The largest absolute Gasteiger partial charge is 0.494 e. The van der Waals surface area contributed by atoms with E-state index < -0.39 is 0 Å². The second-order valence-corrected chi connectivity index (χ2v) is 5.31. The molecule has 1 aromatic heterocycles. The van der Waals surface area contributed by atoms with E-state index in [-0.39, 0.29) is 18.1 Å². The SMILES string of the molecule is CCOc1ccc(NC(=O)NCc2n[nH]c(=O)c3ccccc23)cc1. The Morgan fingerprint density at radius 1 is 1.12 bits per heavy atom.